The van der Waals surface area contributed by atoms with E-state index in [2.05, 4.69) is 41.5 Å². The van der Waals surface area contributed by atoms with Gasteiger partial charge < -0.3 is 4.74 Å². The summed E-state index contributed by atoms with van der Waals surface area (Å²) in [6.07, 6.45) is 0. The van der Waals surface area contributed by atoms with Crippen molar-refractivity contribution in [2.75, 3.05) is 0 Å². The van der Waals surface area contributed by atoms with Crippen LogP contribution < -0.4 is 0 Å². The third kappa shape index (κ3) is 0.576. The van der Waals surface area contributed by atoms with Crippen molar-refractivity contribution in [3.05, 3.63) is 11.1 Å². The normalized spacial score (nSPS) is 40.0. The summed E-state index contributed by atoms with van der Waals surface area (Å²) < 4.78 is 5.83. The van der Waals surface area contributed by atoms with Gasteiger partial charge in [-0.3, -0.25) is 0 Å². The molecular weight excluding hydrogens is 148 g/mol. The zero-order valence-electron chi connectivity index (χ0n) is 8.91. The van der Waals surface area contributed by atoms with Crippen molar-refractivity contribution in [2.24, 2.45) is 5.41 Å². The maximum atomic E-state index is 5.83. The van der Waals surface area contributed by atoms with Gasteiger partial charge in [-0.2, -0.15) is 0 Å². The van der Waals surface area contributed by atoms with E-state index in [9.17, 15) is 0 Å². The fraction of sp³-hybridized carbons (Fsp3) is 0.818. The van der Waals surface area contributed by atoms with Crippen molar-refractivity contribution in [1.29, 1.82) is 0 Å². The monoisotopic (exact) mass is 166 g/mol. The molecule has 2 rings (SSSR count). The predicted octanol–water partition coefficient (Wildman–Crippen LogP) is 2.91. The second-order valence-corrected chi connectivity index (χ2v) is 5.29. The number of rotatable bonds is 0. The summed E-state index contributed by atoms with van der Waals surface area (Å²) in [4.78, 5) is 0. The van der Waals surface area contributed by atoms with Gasteiger partial charge in [-0.1, -0.05) is 19.4 Å². The molecule has 12 heavy (non-hydrogen) atoms. The topological polar surface area (TPSA) is 12.5 Å². The van der Waals surface area contributed by atoms with Gasteiger partial charge in [0.05, 0.1) is 5.60 Å². The quantitative estimate of drug-likeness (QED) is 0.398. The highest BCUT2D eigenvalue weighted by atomic mass is 16.6. The minimum atomic E-state index is 0.0864. The van der Waals surface area contributed by atoms with Crippen LogP contribution in [-0.4, -0.2) is 11.2 Å². The molecule has 2 aliphatic rings. The Balaban J connectivity index is 2.43. The number of hydrogen-bond donors (Lipinski definition) is 0. The second kappa shape index (κ2) is 1.65. The molecule has 1 spiro atoms. The van der Waals surface area contributed by atoms with E-state index in [0.717, 1.165) is 0 Å². The van der Waals surface area contributed by atoms with E-state index < -0.39 is 0 Å². The summed E-state index contributed by atoms with van der Waals surface area (Å²) in [5.41, 5.74) is 3.45. The lowest BCUT2D eigenvalue weighted by atomic mass is 10.0. The predicted molar refractivity (Wildman–Crippen MR) is 50.1 cm³/mol. The third-order valence-electron chi connectivity index (χ3n) is 3.51. The van der Waals surface area contributed by atoms with Gasteiger partial charge in [-0.15, -0.1) is 0 Å². The molecule has 0 aromatic heterocycles. The first kappa shape index (κ1) is 8.31. The van der Waals surface area contributed by atoms with E-state index in [1.807, 2.05) is 0 Å². The Bertz CT molecular complexity index is 279. The smallest absolute Gasteiger partial charge is 0.128 e. The largest absolute Gasteiger partial charge is 0.357 e. The van der Waals surface area contributed by atoms with Gasteiger partial charge in [-0.05, 0) is 33.3 Å². The summed E-state index contributed by atoms with van der Waals surface area (Å²) in [5.74, 6) is 0. The standard InChI is InChI=1S/C11H18O/c1-7(2)8-9(3,4)11(8)10(5,6)12-11/h1-6H3. The molecule has 1 heteroatoms. The van der Waals surface area contributed by atoms with Crippen LogP contribution in [0.2, 0.25) is 0 Å². The van der Waals surface area contributed by atoms with Crippen molar-refractivity contribution in [1.82, 2.24) is 0 Å². The Morgan fingerprint density at radius 2 is 1.50 bits per heavy atom. The lowest BCUT2D eigenvalue weighted by Gasteiger charge is -1.95. The summed E-state index contributed by atoms with van der Waals surface area (Å²) in [7, 11) is 0. The Labute approximate surface area is 74.8 Å². The van der Waals surface area contributed by atoms with Gasteiger partial charge in [0.15, 0.2) is 0 Å². The van der Waals surface area contributed by atoms with E-state index in [1.165, 1.54) is 11.1 Å². The molecule has 0 amide bonds. The van der Waals surface area contributed by atoms with Crippen molar-refractivity contribution in [3.63, 3.8) is 0 Å². The Morgan fingerprint density at radius 1 is 1.08 bits per heavy atom. The molecule has 1 saturated heterocycles. The molecular formula is C11H18O. The van der Waals surface area contributed by atoms with Crippen molar-refractivity contribution in [2.45, 2.75) is 52.7 Å². The minimum absolute atomic E-state index is 0.0864. The summed E-state index contributed by atoms with van der Waals surface area (Å²) in [6, 6.07) is 0. The maximum absolute atomic E-state index is 5.83. The Morgan fingerprint density at radius 3 is 1.58 bits per heavy atom. The zero-order valence-corrected chi connectivity index (χ0v) is 8.91. The van der Waals surface area contributed by atoms with Crippen LogP contribution in [0.1, 0.15) is 41.5 Å². The maximum Gasteiger partial charge on any atom is 0.128 e. The van der Waals surface area contributed by atoms with Crippen molar-refractivity contribution < 1.29 is 4.74 Å². The van der Waals surface area contributed by atoms with Crippen molar-refractivity contribution in [3.8, 4) is 0 Å². The van der Waals surface area contributed by atoms with E-state index in [0.29, 0.717) is 0 Å². The molecule has 0 bridgehead atoms. The molecule has 1 heterocycles. The molecule has 0 N–H and O–H groups in total. The highest BCUT2D eigenvalue weighted by Gasteiger charge is 2.86. The first-order valence-corrected chi connectivity index (χ1v) is 4.66. The fourth-order valence-electron chi connectivity index (χ4n) is 3.19. The molecule has 0 radical (unpaired) electrons. The Hall–Kier alpha value is -0.300. The minimum Gasteiger partial charge on any atom is -0.357 e. The van der Waals surface area contributed by atoms with Gasteiger partial charge in [0.25, 0.3) is 0 Å². The van der Waals surface area contributed by atoms with Crippen LogP contribution >= 0.6 is 0 Å². The molecule has 68 valence electrons. The molecule has 0 aromatic rings. The fourth-order valence-corrected chi connectivity index (χ4v) is 3.19. The number of hydrogen-bond acceptors (Lipinski definition) is 1. The van der Waals surface area contributed by atoms with E-state index in [-0.39, 0.29) is 16.6 Å². The van der Waals surface area contributed by atoms with Crippen LogP contribution in [0.4, 0.5) is 0 Å². The summed E-state index contributed by atoms with van der Waals surface area (Å²) >= 11 is 0. The van der Waals surface area contributed by atoms with E-state index in [1.54, 1.807) is 0 Å². The van der Waals surface area contributed by atoms with Crippen LogP contribution in [0.15, 0.2) is 11.1 Å². The molecule has 1 saturated carbocycles. The van der Waals surface area contributed by atoms with Crippen LogP contribution in [0, 0.1) is 5.41 Å². The Kier molecular flexibility index (Phi) is 1.14. The SMILES string of the molecule is CC(C)=C1C(C)(C)C12OC2(C)C. The zero-order chi connectivity index (χ0) is 9.36. The number of allylic oxidation sites excluding steroid dienone is 1. The average molecular weight is 166 g/mol. The van der Waals surface area contributed by atoms with Gasteiger partial charge in [0.2, 0.25) is 0 Å². The lowest BCUT2D eigenvalue weighted by Crippen LogP contribution is -2.09. The number of epoxide rings is 1. The third-order valence-corrected chi connectivity index (χ3v) is 3.51. The highest BCUT2D eigenvalue weighted by molar-refractivity contribution is 5.59. The summed E-state index contributed by atoms with van der Waals surface area (Å²) in [6.45, 7) is 13.3. The van der Waals surface area contributed by atoms with Gasteiger partial charge in [-0.25, -0.2) is 0 Å². The van der Waals surface area contributed by atoms with Crippen LogP contribution in [0.5, 0.6) is 0 Å². The molecule has 1 nitrogen and oxygen atoms in total. The molecule has 0 aromatic carbocycles. The average Bonchev–Trinajstić information content (AvgIpc) is 2.47. The number of ether oxygens (including phenoxy) is 1. The van der Waals surface area contributed by atoms with Gasteiger partial charge >= 0.3 is 0 Å². The molecule has 1 unspecified atom stereocenters. The van der Waals surface area contributed by atoms with Crippen LogP contribution in [0.3, 0.4) is 0 Å². The molecule has 1 aliphatic heterocycles. The molecule has 1 aliphatic carbocycles. The lowest BCUT2D eigenvalue weighted by molar-refractivity contribution is 0.303. The van der Waals surface area contributed by atoms with Gasteiger partial charge in [0.1, 0.15) is 5.60 Å². The van der Waals surface area contributed by atoms with Crippen LogP contribution in [0.25, 0.3) is 0 Å². The van der Waals surface area contributed by atoms with Gasteiger partial charge in [0, 0.05) is 5.41 Å². The van der Waals surface area contributed by atoms with Crippen LogP contribution in [-0.2, 0) is 4.74 Å². The summed E-state index contributed by atoms with van der Waals surface area (Å²) in [5, 5.41) is 0. The van der Waals surface area contributed by atoms with E-state index in [4.69, 9.17) is 4.74 Å². The first-order chi connectivity index (χ1) is 5.27. The second-order valence-electron chi connectivity index (χ2n) is 5.29. The highest BCUT2D eigenvalue weighted by Crippen LogP contribution is 2.79. The van der Waals surface area contributed by atoms with E-state index >= 15 is 0 Å². The molecule has 2 fully saturated rings. The first-order valence-electron chi connectivity index (χ1n) is 4.66. The molecule has 1 atom stereocenters. The van der Waals surface area contributed by atoms with Crippen molar-refractivity contribution >= 4 is 0 Å².